The van der Waals surface area contributed by atoms with E-state index in [2.05, 4.69) is 10.0 Å². The molecule has 0 saturated carbocycles. The maximum Gasteiger partial charge on any atom is 0.265 e. The fourth-order valence-electron chi connectivity index (χ4n) is 2.11. The minimum atomic E-state index is -3.58. The van der Waals surface area contributed by atoms with Crippen molar-refractivity contribution in [2.45, 2.75) is 37.8 Å². The maximum absolute atomic E-state index is 12.9. The standard InChI is InChI=1S/C18H21FN2O4S/c1-12(2)21-26(23,24)17-10-6-15(7-11-17)20-18(22)13(3)25-16-8-4-14(19)5-9-16/h4-13,21H,1-3H3,(H,20,22). The summed E-state index contributed by atoms with van der Waals surface area (Å²) in [7, 11) is -3.58. The van der Waals surface area contributed by atoms with Gasteiger partial charge in [-0.25, -0.2) is 17.5 Å². The number of nitrogens with one attached hydrogen (secondary N) is 2. The van der Waals surface area contributed by atoms with E-state index < -0.39 is 27.9 Å². The van der Waals surface area contributed by atoms with Crippen LogP contribution in [0.4, 0.5) is 10.1 Å². The Morgan fingerprint density at radius 2 is 1.58 bits per heavy atom. The molecule has 2 aromatic rings. The van der Waals surface area contributed by atoms with E-state index >= 15 is 0 Å². The molecule has 0 spiro atoms. The second-order valence-corrected chi connectivity index (χ2v) is 7.72. The third-order valence-corrected chi connectivity index (χ3v) is 4.99. The van der Waals surface area contributed by atoms with Gasteiger partial charge in [0.1, 0.15) is 11.6 Å². The Morgan fingerprint density at radius 3 is 2.12 bits per heavy atom. The molecule has 8 heteroatoms. The van der Waals surface area contributed by atoms with Crippen molar-refractivity contribution in [1.82, 2.24) is 4.72 Å². The van der Waals surface area contributed by atoms with Gasteiger partial charge in [0.2, 0.25) is 10.0 Å². The van der Waals surface area contributed by atoms with Crippen LogP contribution >= 0.6 is 0 Å². The van der Waals surface area contributed by atoms with Crippen molar-refractivity contribution in [2.24, 2.45) is 0 Å². The van der Waals surface area contributed by atoms with Crippen molar-refractivity contribution in [3.05, 3.63) is 54.3 Å². The van der Waals surface area contributed by atoms with Gasteiger partial charge < -0.3 is 10.1 Å². The first-order valence-electron chi connectivity index (χ1n) is 8.03. The van der Waals surface area contributed by atoms with Crippen molar-refractivity contribution in [1.29, 1.82) is 0 Å². The van der Waals surface area contributed by atoms with Gasteiger partial charge in [-0.15, -0.1) is 0 Å². The van der Waals surface area contributed by atoms with E-state index in [4.69, 9.17) is 4.74 Å². The highest BCUT2D eigenvalue weighted by molar-refractivity contribution is 7.89. The van der Waals surface area contributed by atoms with E-state index in [9.17, 15) is 17.6 Å². The molecular formula is C18H21FN2O4S. The molecule has 0 fully saturated rings. The largest absolute Gasteiger partial charge is 0.481 e. The minimum absolute atomic E-state index is 0.111. The van der Waals surface area contributed by atoms with Crippen LogP contribution in [0.3, 0.4) is 0 Å². The van der Waals surface area contributed by atoms with E-state index in [1.54, 1.807) is 20.8 Å². The van der Waals surface area contributed by atoms with Gasteiger partial charge in [0.25, 0.3) is 5.91 Å². The monoisotopic (exact) mass is 380 g/mol. The summed E-state index contributed by atoms with van der Waals surface area (Å²) in [5.74, 6) is -0.433. The molecule has 0 radical (unpaired) electrons. The van der Waals surface area contributed by atoms with Gasteiger partial charge in [0.05, 0.1) is 4.90 Å². The van der Waals surface area contributed by atoms with Crippen LogP contribution in [0, 0.1) is 5.82 Å². The highest BCUT2D eigenvalue weighted by atomic mass is 32.2. The van der Waals surface area contributed by atoms with Gasteiger partial charge in [-0.2, -0.15) is 0 Å². The lowest BCUT2D eigenvalue weighted by molar-refractivity contribution is -0.122. The molecule has 2 rings (SSSR count). The average Bonchev–Trinajstić information content (AvgIpc) is 2.56. The second-order valence-electron chi connectivity index (χ2n) is 6.00. The number of hydrogen-bond donors (Lipinski definition) is 2. The lowest BCUT2D eigenvalue weighted by atomic mass is 10.3. The highest BCUT2D eigenvalue weighted by Gasteiger charge is 2.17. The zero-order chi connectivity index (χ0) is 19.3. The van der Waals surface area contributed by atoms with Crippen LogP contribution < -0.4 is 14.8 Å². The molecular weight excluding hydrogens is 359 g/mol. The average molecular weight is 380 g/mol. The number of amides is 1. The number of carbonyl (C=O) groups is 1. The van der Waals surface area contributed by atoms with Crippen LogP contribution in [0.15, 0.2) is 53.4 Å². The number of sulfonamides is 1. The van der Waals surface area contributed by atoms with Crippen molar-refractivity contribution in [3.63, 3.8) is 0 Å². The summed E-state index contributed by atoms with van der Waals surface area (Å²) in [5, 5.41) is 2.64. The van der Waals surface area contributed by atoms with E-state index in [1.165, 1.54) is 48.5 Å². The van der Waals surface area contributed by atoms with Gasteiger partial charge in [-0.05, 0) is 69.3 Å². The van der Waals surface area contributed by atoms with Crippen molar-refractivity contribution < 1.29 is 22.3 Å². The normalized spacial score (nSPS) is 12.7. The summed E-state index contributed by atoms with van der Waals surface area (Å²) in [5.41, 5.74) is 0.438. The summed E-state index contributed by atoms with van der Waals surface area (Å²) in [6.45, 7) is 5.02. The molecule has 0 aliphatic heterocycles. The third-order valence-electron chi connectivity index (χ3n) is 3.32. The van der Waals surface area contributed by atoms with E-state index in [-0.39, 0.29) is 10.9 Å². The SMILES string of the molecule is CC(C)NS(=O)(=O)c1ccc(NC(=O)C(C)Oc2ccc(F)cc2)cc1. The van der Waals surface area contributed by atoms with Gasteiger partial charge >= 0.3 is 0 Å². The smallest absolute Gasteiger partial charge is 0.265 e. The Labute approximate surface area is 152 Å². The second kappa shape index (κ2) is 8.29. The molecule has 140 valence electrons. The van der Waals surface area contributed by atoms with Crippen LogP contribution in [0.1, 0.15) is 20.8 Å². The molecule has 0 bridgehead atoms. The van der Waals surface area contributed by atoms with Crippen LogP contribution in [0.2, 0.25) is 0 Å². The van der Waals surface area contributed by atoms with Gasteiger partial charge in [-0.1, -0.05) is 0 Å². The van der Waals surface area contributed by atoms with Crippen LogP contribution in [0.25, 0.3) is 0 Å². The predicted octanol–water partition coefficient (Wildman–Crippen LogP) is 2.92. The van der Waals surface area contributed by atoms with Crippen LogP contribution in [-0.2, 0) is 14.8 Å². The number of halogens is 1. The summed E-state index contributed by atoms with van der Waals surface area (Å²) in [6, 6.07) is 10.9. The van der Waals surface area contributed by atoms with E-state index in [0.29, 0.717) is 11.4 Å². The Kier molecular flexibility index (Phi) is 6.33. The summed E-state index contributed by atoms with van der Waals surface area (Å²) >= 11 is 0. The van der Waals surface area contributed by atoms with Crippen LogP contribution in [0.5, 0.6) is 5.75 Å². The number of ether oxygens (including phenoxy) is 1. The zero-order valence-electron chi connectivity index (χ0n) is 14.7. The lowest BCUT2D eigenvalue weighted by Gasteiger charge is -2.15. The summed E-state index contributed by atoms with van der Waals surface area (Å²) in [6.07, 6.45) is -0.813. The molecule has 1 amide bonds. The molecule has 6 nitrogen and oxygen atoms in total. The van der Waals surface area contributed by atoms with E-state index in [1.807, 2.05) is 0 Å². The third kappa shape index (κ3) is 5.53. The number of benzene rings is 2. The molecule has 0 aliphatic carbocycles. The first kappa shape index (κ1) is 19.9. The van der Waals surface area contributed by atoms with Gasteiger partial charge in [0.15, 0.2) is 6.10 Å². The van der Waals surface area contributed by atoms with Crippen molar-refractivity contribution >= 4 is 21.6 Å². The van der Waals surface area contributed by atoms with Crippen molar-refractivity contribution in [2.75, 3.05) is 5.32 Å². The molecule has 0 aliphatic rings. The number of rotatable bonds is 7. The number of anilines is 1. The first-order valence-corrected chi connectivity index (χ1v) is 9.51. The minimum Gasteiger partial charge on any atom is -0.481 e. The molecule has 0 aromatic heterocycles. The molecule has 1 unspecified atom stereocenters. The fraction of sp³-hybridized carbons (Fsp3) is 0.278. The lowest BCUT2D eigenvalue weighted by Crippen LogP contribution is -2.31. The Hall–Kier alpha value is -2.45. The number of hydrogen-bond acceptors (Lipinski definition) is 4. The van der Waals surface area contributed by atoms with Crippen molar-refractivity contribution in [3.8, 4) is 5.75 Å². The Morgan fingerprint density at radius 1 is 1.00 bits per heavy atom. The van der Waals surface area contributed by atoms with E-state index in [0.717, 1.165) is 0 Å². The molecule has 1 atom stereocenters. The molecule has 0 heterocycles. The topological polar surface area (TPSA) is 84.5 Å². The fourth-order valence-corrected chi connectivity index (χ4v) is 3.36. The van der Waals surface area contributed by atoms with Crippen LogP contribution in [-0.4, -0.2) is 26.5 Å². The summed E-state index contributed by atoms with van der Waals surface area (Å²) in [4.78, 5) is 12.3. The Bertz CT molecular complexity index is 850. The molecule has 0 saturated heterocycles. The zero-order valence-corrected chi connectivity index (χ0v) is 15.5. The predicted molar refractivity (Wildman–Crippen MR) is 97.0 cm³/mol. The van der Waals surface area contributed by atoms with Gasteiger partial charge in [0, 0.05) is 11.7 Å². The molecule has 26 heavy (non-hydrogen) atoms. The maximum atomic E-state index is 12.9. The number of carbonyl (C=O) groups excluding carboxylic acids is 1. The van der Waals surface area contributed by atoms with Gasteiger partial charge in [-0.3, -0.25) is 4.79 Å². The Balaban J connectivity index is 1.99. The first-order chi connectivity index (χ1) is 12.2. The quantitative estimate of drug-likeness (QED) is 0.774. The highest BCUT2D eigenvalue weighted by Crippen LogP contribution is 2.16. The molecule has 2 N–H and O–H groups in total. The summed E-state index contributed by atoms with van der Waals surface area (Å²) < 4.78 is 44.9. The molecule has 2 aromatic carbocycles.